The van der Waals surface area contributed by atoms with Gasteiger partial charge in [-0.2, -0.15) is 5.26 Å². The first-order valence-electron chi connectivity index (χ1n) is 12.0. The van der Waals surface area contributed by atoms with E-state index in [1.54, 1.807) is 12.1 Å². The molecule has 3 aromatic rings. The minimum Gasteiger partial charge on any atom is -0.367 e. The number of nitrogens with zero attached hydrogens (tertiary/aromatic N) is 4. The maximum absolute atomic E-state index is 14.5. The van der Waals surface area contributed by atoms with Crippen LogP contribution in [0.25, 0.3) is 0 Å². The van der Waals surface area contributed by atoms with Crippen LogP contribution in [-0.2, 0) is 11.3 Å². The van der Waals surface area contributed by atoms with E-state index in [9.17, 15) is 19.2 Å². The fourth-order valence-electron chi connectivity index (χ4n) is 4.60. The SMILES string of the molecule is CC(=O)c1ccc(N2CCN(CC(=O)Nc3c(C#N)c(C)c(C)n3Cc3ccccc3)CC2)c(F)c1. The molecule has 1 aliphatic heterocycles. The average molecular weight is 488 g/mol. The molecule has 0 aliphatic carbocycles. The van der Waals surface area contributed by atoms with Crippen LogP contribution in [0.4, 0.5) is 15.9 Å². The number of halogens is 1. The van der Waals surface area contributed by atoms with Crippen molar-refractivity contribution in [2.45, 2.75) is 27.3 Å². The smallest absolute Gasteiger partial charge is 0.239 e. The summed E-state index contributed by atoms with van der Waals surface area (Å²) in [5.74, 6) is -0.254. The topological polar surface area (TPSA) is 81.4 Å². The minimum absolute atomic E-state index is 0.170. The van der Waals surface area contributed by atoms with Crippen LogP contribution in [-0.4, -0.2) is 53.9 Å². The van der Waals surface area contributed by atoms with Crippen LogP contribution in [0.15, 0.2) is 48.5 Å². The van der Waals surface area contributed by atoms with Crippen molar-refractivity contribution in [2.75, 3.05) is 42.9 Å². The number of nitriles is 1. The second-order valence-electron chi connectivity index (χ2n) is 9.15. The second-order valence-corrected chi connectivity index (χ2v) is 9.15. The molecule has 0 atom stereocenters. The van der Waals surface area contributed by atoms with Gasteiger partial charge < -0.3 is 14.8 Å². The van der Waals surface area contributed by atoms with Crippen LogP contribution < -0.4 is 10.2 Å². The lowest BCUT2D eigenvalue weighted by Gasteiger charge is -2.35. The number of anilines is 2. The molecule has 8 heteroatoms. The van der Waals surface area contributed by atoms with Crippen molar-refractivity contribution in [1.82, 2.24) is 9.47 Å². The van der Waals surface area contributed by atoms with Crippen molar-refractivity contribution >= 4 is 23.2 Å². The third-order valence-corrected chi connectivity index (χ3v) is 6.82. The van der Waals surface area contributed by atoms with Crippen molar-refractivity contribution in [3.05, 3.63) is 82.3 Å². The summed E-state index contributed by atoms with van der Waals surface area (Å²) in [4.78, 5) is 28.4. The van der Waals surface area contributed by atoms with Crippen LogP contribution in [0.3, 0.4) is 0 Å². The summed E-state index contributed by atoms with van der Waals surface area (Å²) in [5.41, 5.74) is 4.17. The Morgan fingerprint density at radius 1 is 1.06 bits per heavy atom. The molecule has 1 saturated heterocycles. The standard InChI is InChI=1S/C28H30FN5O2/c1-19-20(2)34(17-22-7-5-4-6-8-22)28(24(19)16-30)31-27(36)18-32-11-13-33(14-12-32)26-10-9-23(21(3)35)15-25(26)29/h4-10,15H,11-14,17-18H2,1-3H3,(H,31,36). The van der Waals surface area contributed by atoms with Crippen LogP contribution in [0, 0.1) is 31.0 Å². The van der Waals surface area contributed by atoms with Crippen molar-refractivity contribution in [3.63, 3.8) is 0 Å². The maximum atomic E-state index is 14.5. The van der Waals surface area contributed by atoms with E-state index in [4.69, 9.17) is 0 Å². The van der Waals surface area contributed by atoms with Crippen molar-refractivity contribution in [1.29, 1.82) is 5.26 Å². The zero-order chi connectivity index (χ0) is 25.8. The predicted molar refractivity (Wildman–Crippen MR) is 138 cm³/mol. The molecule has 186 valence electrons. The van der Waals surface area contributed by atoms with Gasteiger partial charge in [-0.1, -0.05) is 30.3 Å². The Balaban J connectivity index is 1.41. The highest BCUT2D eigenvalue weighted by Gasteiger charge is 2.24. The lowest BCUT2D eigenvalue weighted by molar-refractivity contribution is -0.117. The average Bonchev–Trinajstić information content (AvgIpc) is 3.08. The number of hydrogen-bond donors (Lipinski definition) is 1. The van der Waals surface area contributed by atoms with Crippen molar-refractivity contribution in [3.8, 4) is 6.07 Å². The molecule has 0 spiro atoms. The fourth-order valence-corrected chi connectivity index (χ4v) is 4.60. The van der Waals surface area contributed by atoms with Crippen LogP contribution in [0.1, 0.15) is 39.7 Å². The summed E-state index contributed by atoms with van der Waals surface area (Å²) in [6.07, 6.45) is 0. The number of rotatable bonds is 7. The molecule has 1 fully saturated rings. The monoisotopic (exact) mass is 487 g/mol. The number of ketones is 1. The first-order valence-corrected chi connectivity index (χ1v) is 12.0. The van der Waals surface area contributed by atoms with Gasteiger partial charge in [-0.25, -0.2) is 4.39 Å². The molecule has 1 N–H and O–H groups in total. The highest BCUT2D eigenvalue weighted by molar-refractivity contribution is 5.94. The molecule has 2 heterocycles. The quantitative estimate of drug-likeness (QED) is 0.507. The summed E-state index contributed by atoms with van der Waals surface area (Å²) < 4.78 is 16.5. The number of nitrogens with one attached hydrogen (secondary N) is 1. The van der Waals surface area contributed by atoms with Crippen LogP contribution in [0.2, 0.25) is 0 Å². The Morgan fingerprint density at radius 3 is 2.36 bits per heavy atom. The molecule has 4 rings (SSSR count). The third-order valence-electron chi connectivity index (χ3n) is 6.82. The van der Waals surface area contributed by atoms with Crippen LogP contribution >= 0.6 is 0 Å². The molecule has 0 unspecified atom stereocenters. The third kappa shape index (κ3) is 5.31. The van der Waals surface area contributed by atoms with E-state index in [1.165, 1.54) is 13.0 Å². The normalized spacial score (nSPS) is 13.9. The van der Waals surface area contributed by atoms with Gasteiger partial charge >= 0.3 is 0 Å². The summed E-state index contributed by atoms with van der Waals surface area (Å²) in [5, 5.41) is 12.7. The Hall–Kier alpha value is -3.96. The van der Waals surface area contributed by atoms with E-state index in [1.807, 2.05) is 58.5 Å². The lowest BCUT2D eigenvalue weighted by Crippen LogP contribution is -2.49. The molecular weight excluding hydrogens is 457 g/mol. The Bertz CT molecular complexity index is 1320. The predicted octanol–water partition coefficient (Wildman–Crippen LogP) is 4.13. The molecule has 0 bridgehead atoms. The van der Waals surface area contributed by atoms with Gasteiger partial charge in [0.2, 0.25) is 5.91 Å². The highest BCUT2D eigenvalue weighted by atomic mass is 19.1. The molecule has 7 nitrogen and oxygen atoms in total. The van der Waals surface area contributed by atoms with Crippen molar-refractivity contribution < 1.29 is 14.0 Å². The zero-order valence-corrected chi connectivity index (χ0v) is 20.8. The number of amides is 1. The first-order chi connectivity index (χ1) is 17.3. The molecule has 1 aliphatic rings. The zero-order valence-electron chi connectivity index (χ0n) is 20.8. The summed E-state index contributed by atoms with van der Waals surface area (Å²) in [7, 11) is 0. The molecular formula is C28H30FN5O2. The van der Waals surface area contributed by atoms with Gasteiger partial charge in [-0.15, -0.1) is 0 Å². The second kappa shape index (κ2) is 10.8. The molecule has 0 saturated carbocycles. The number of aromatic nitrogens is 1. The van der Waals surface area contributed by atoms with Gasteiger partial charge in [0, 0.05) is 44.0 Å². The molecule has 36 heavy (non-hydrogen) atoms. The first kappa shape index (κ1) is 25.1. The van der Waals surface area contributed by atoms with Crippen molar-refractivity contribution in [2.24, 2.45) is 0 Å². The van der Waals surface area contributed by atoms with E-state index in [-0.39, 0.29) is 18.2 Å². The Morgan fingerprint density at radius 2 is 1.75 bits per heavy atom. The van der Waals surface area contributed by atoms with Gasteiger partial charge in [-0.3, -0.25) is 14.5 Å². The van der Waals surface area contributed by atoms with E-state index in [0.717, 1.165) is 16.8 Å². The largest absolute Gasteiger partial charge is 0.367 e. The highest BCUT2D eigenvalue weighted by Crippen LogP contribution is 2.27. The molecule has 2 aromatic carbocycles. The van der Waals surface area contributed by atoms with Gasteiger partial charge in [0.25, 0.3) is 0 Å². The van der Waals surface area contributed by atoms with Gasteiger partial charge in [0.05, 0.1) is 17.8 Å². The molecule has 1 amide bonds. The lowest BCUT2D eigenvalue weighted by atomic mass is 10.1. The van der Waals surface area contributed by atoms with E-state index >= 15 is 0 Å². The Labute approximate surface area is 210 Å². The molecule has 0 radical (unpaired) electrons. The summed E-state index contributed by atoms with van der Waals surface area (Å²) >= 11 is 0. The Kier molecular flexibility index (Phi) is 7.51. The summed E-state index contributed by atoms with van der Waals surface area (Å²) in [6, 6.07) is 16.7. The van der Waals surface area contributed by atoms with Gasteiger partial charge in [0.1, 0.15) is 17.7 Å². The minimum atomic E-state index is -0.414. The number of carbonyl (C=O) groups is 2. The van der Waals surface area contributed by atoms with Gasteiger partial charge in [-0.05, 0) is 50.1 Å². The van der Waals surface area contributed by atoms with E-state index in [2.05, 4.69) is 11.4 Å². The summed E-state index contributed by atoms with van der Waals surface area (Å²) in [6.45, 7) is 8.31. The number of carbonyl (C=O) groups excluding carboxylic acids is 2. The number of Topliss-reactive ketones (excluding diaryl/α,β-unsaturated/α-hetero) is 1. The number of benzene rings is 2. The molecule has 1 aromatic heterocycles. The number of hydrogen-bond acceptors (Lipinski definition) is 5. The van der Waals surface area contributed by atoms with Gasteiger partial charge in [0.15, 0.2) is 5.78 Å². The van der Waals surface area contributed by atoms with Crippen LogP contribution in [0.5, 0.6) is 0 Å². The number of piperazine rings is 1. The maximum Gasteiger partial charge on any atom is 0.239 e. The fraction of sp³-hybridized carbons (Fsp3) is 0.321. The van der Waals surface area contributed by atoms with E-state index in [0.29, 0.717) is 55.4 Å². The van der Waals surface area contributed by atoms with E-state index < -0.39 is 5.82 Å².